The van der Waals surface area contributed by atoms with Crippen LogP contribution in [-0.4, -0.2) is 12.6 Å². The highest BCUT2D eigenvalue weighted by atomic mass is 35.5. The Hall–Kier alpha value is -0.990. The van der Waals surface area contributed by atoms with Crippen molar-refractivity contribution in [1.82, 2.24) is 5.32 Å². The highest BCUT2D eigenvalue weighted by Crippen LogP contribution is 2.21. The van der Waals surface area contributed by atoms with Gasteiger partial charge in [0.15, 0.2) is 0 Å². The van der Waals surface area contributed by atoms with E-state index in [0.717, 1.165) is 30.8 Å². The van der Waals surface area contributed by atoms with Gasteiger partial charge in [-0.3, -0.25) is 0 Å². The predicted octanol–water partition coefficient (Wildman–Crippen LogP) is 4.07. The van der Waals surface area contributed by atoms with E-state index in [4.69, 9.17) is 16.3 Å². The highest BCUT2D eigenvalue weighted by Gasteiger charge is 2.14. The number of hydrogen-bond donors (Lipinski definition) is 1. The third-order valence-corrected chi connectivity index (χ3v) is 3.51. The van der Waals surface area contributed by atoms with Gasteiger partial charge in [0.25, 0.3) is 0 Å². The molecule has 0 aliphatic carbocycles. The van der Waals surface area contributed by atoms with Crippen molar-refractivity contribution in [2.24, 2.45) is 0 Å². The SMILES string of the molecule is CCC(NCC1CCC=CO1)c1cccc(Cl)c1. The molecular weight excluding hydrogens is 246 g/mol. The summed E-state index contributed by atoms with van der Waals surface area (Å²) in [4.78, 5) is 0. The van der Waals surface area contributed by atoms with Crippen LogP contribution in [0.25, 0.3) is 0 Å². The number of allylic oxidation sites excluding steroid dienone is 1. The minimum atomic E-state index is 0.295. The topological polar surface area (TPSA) is 21.3 Å². The van der Waals surface area contributed by atoms with Crippen LogP contribution in [0.15, 0.2) is 36.6 Å². The van der Waals surface area contributed by atoms with Crippen molar-refractivity contribution in [3.05, 3.63) is 47.2 Å². The van der Waals surface area contributed by atoms with E-state index in [1.54, 1.807) is 0 Å². The van der Waals surface area contributed by atoms with E-state index >= 15 is 0 Å². The molecule has 0 saturated carbocycles. The van der Waals surface area contributed by atoms with Crippen molar-refractivity contribution in [3.63, 3.8) is 0 Å². The molecule has 2 nitrogen and oxygen atoms in total. The average Bonchev–Trinajstić information content (AvgIpc) is 2.41. The third kappa shape index (κ3) is 3.76. The standard InChI is InChI=1S/C15H20ClNO/c1-2-15(12-6-5-7-13(16)10-12)17-11-14-8-3-4-9-18-14/h4-7,9-10,14-15,17H,2-3,8,11H2,1H3. The van der Waals surface area contributed by atoms with E-state index in [0.29, 0.717) is 12.1 Å². The summed E-state index contributed by atoms with van der Waals surface area (Å²) in [6.45, 7) is 3.07. The maximum Gasteiger partial charge on any atom is 0.110 e. The highest BCUT2D eigenvalue weighted by molar-refractivity contribution is 6.30. The smallest absolute Gasteiger partial charge is 0.110 e. The van der Waals surface area contributed by atoms with Gasteiger partial charge in [0.05, 0.1) is 6.26 Å². The summed E-state index contributed by atoms with van der Waals surface area (Å²) in [5, 5.41) is 4.36. The van der Waals surface area contributed by atoms with Gasteiger partial charge in [0.2, 0.25) is 0 Å². The summed E-state index contributed by atoms with van der Waals surface area (Å²) < 4.78 is 5.56. The van der Waals surface area contributed by atoms with Crippen molar-refractivity contribution >= 4 is 11.6 Å². The van der Waals surface area contributed by atoms with Crippen molar-refractivity contribution in [3.8, 4) is 0 Å². The zero-order valence-corrected chi connectivity index (χ0v) is 11.5. The first-order chi connectivity index (χ1) is 8.79. The summed E-state index contributed by atoms with van der Waals surface area (Å²) in [6.07, 6.45) is 7.43. The first-order valence-electron chi connectivity index (χ1n) is 6.59. The maximum absolute atomic E-state index is 6.03. The molecule has 98 valence electrons. The predicted molar refractivity (Wildman–Crippen MR) is 75.7 cm³/mol. The summed E-state index contributed by atoms with van der Waals surface area (Å²) in [6, 6.07) is 8.41. The van der Waals surface area contributed by atoms with Gasteiger partial charge in [-0.05, 0) is 43.0 Å². The molecule has 0 aromatic heterocycles. The van der Waals surface area contributed by atoms with Gasteiger partial charge in [-0.1, -0.05) is 30.7 Å². The van der Waals surface area contributed by atoms with E-state index in [1.807, 2.05) is 24.5 Å². The Balaban J connectivity index is 1.91. The second kappa shape index (κ2) is 6.81. The number of halogens is 1. The number of ether oxygens (including phenoxy) is 1. The minimum absolute atomic E-state index is 0.295. The van der Waals surface area contributed by atoms with Gasteiger partial charge < -0.3 is 10.1 Å². The largest absolute Gasteiger partial charge is 0.497 e. The number of nitrogens with one attached hydrogen (secondary N) is 1. The lowest BCUT2D eigenvalue weighted by Gasteiger charge is -2.24. The molecule has 0 saturated heterocycles. The molecule has 1 N–H and O–H groups in total. The van der Waals surface area contributed by atoms with Crippen LogP contribution >= 0.6 is 11.6 Å². The average molecular weight is 266 g/mol. The van der Waals surface area contributed by atoms with Crippen LogP contribution in [0, 0.1) is 0 Å². The number of hydrogen-bond acceptors (Lipinski definition) is 2. The molecule has 0 spiro atoms. The molecular formula is C15H20ClNO. The fraction of sp³-hybridized carbons (Fsp3) is 0.467. The quantitative estimate of drug-likeness (QED) is 0.866. The van der Waals surface area contributed by atoms with Gasteiger partial charge in [0, 0.05) is 17.6 Å². The zero-order chi connectivity index (χ0) is 12.8. The van der Waals surface area contributed by atoms with Crippen molar-refractivity contribution < 1.29 is 4.74 Å². The molecule has 0 amide bonds. The van der Waals surface area contributed by atoms with E-state index in [-0.39, 0.29) is 0 Å². The molecule has 18 heavy (non-hydrogen) atoms. The lowest BCUT2D eigenvalue weighted by Crippen LogP contribution is -2.31. The zero-order valence-electron chi connectivity index (χ0n) is 10.7. The number of benzene rings is 1. The summed E-state index contributed by atoms with van der Waals surface area (Å²) >= 11 is 6.03. The van der Waals surface area contributed by atoms with Crippen LogP contribution in [0.2, 0.25) is 5.02 Å². The minimum Gasteiger partial charge on any atom is -0.497 e. The molecule has 1 heterocycles. The molecule has 1 aliphatic heterocycles. The van der Waals surface area contributed by atoms with Crippen molar-refractivity contribution in [2.75, 3.05) is 6.54 Å². The summed E-state index contributed by atoms with van der Waals surface area (Å²) in [5.41, 5.74) is 1.25. The van der Waals surface area contributed by atoms with Gasteiger partial charge in [0.1, 0.15) is 6.10 Å². The lowest BCUT2D eigenvalue weighted by molar-refractivity contribution is 0.119. The van der Waals surface area contributed by atoms with E-state index < -0.39 is 0 Å². The fourth-order valence-electron chi connectivity index (χ4n) is 2.23. The Morgan fingerprint density at radius 2 is 2.39 bits per heavy atom. The second-order valence-corrected chi connectivity index (χ2v) is 5.07. The van der Waals surface area contributed by atoms with Gasteiger partial charge in [-0.15, -0.1) is 0 Å². The Bertz CT molecular complexity index is 405. The first kappa shape index (κ1) is 13.4. The molecule has 1 aromatic carbocycles. The second-order valence-electron chi connectivity index (χ2n) is 4.63. The van der Waals surface area contributed by atoms with E-state index in [2.05, 4.69) is 24.4 Å². The summed E-state index contributed by atoms with van der Waals surface area (Å²) in [7, 11) is 0. The van der Waals surface area contributed by atoms with Crippen molar-refractivity contribution in [1.29, 1.82) is 0 Å². The molecule has 0 bridgehead atoms. The Morgan fingerprint density at radius 3 is 3.06 bits per heavy atom. The van der Waals surface area contributed by atoms with Crippen LogP contribution in [0.1, 0.15) is 37.8 Å². The summed E-state index contributed by atoms with van der Waals surface area (Å²) in [5.74, 6) is 0. The molecule has 3 heteroatoms. The van der Waals surface area contributed by atoms with Gasteiger partial charge in [-0.2, -0.15) is 0 Å². The molecule has 2 atom stereocenters. The molecule has 2 rings (SSSR count). The Kier molecular flexibility index (Phi) is 5.09. The monoisotopic (exact) mass is 265 g/mol. The van der Waals surface area contributed by atoms with Crippen LogP contribution < -0.4 is 5.32 Å². The van der Waals surface area contributed by atoms with Crippen LogP contribution in [0.4, 0.5) is 0 Å². The Labute approximate surface area is 114 Å². The van der Waals surface area contributed by atoms with E-state index in [9.17, 15) is 0 Å². The van der Waals surface area contributed by atoms with Gasteiger partial charge >= 0.3 is 0 Å². The number of rotatable bonds is 5. The lowest BCUT2D eigenvalue weighted by atomic mass is 10.0. The normalized spacial score (nSPS) is 20.4. The van der Waals surface area contributed by atoms with E-state index in [1.165, 1.54) is 5.56 Å². The maximum atomic E-state index is 6.03. The molecule has 0 radical (unpaired) electrons. The first-order valence-corrected chi connectivity index (χ1v) is 6.96. The van der Waals surface area contributed by atoms with Crippen molar-refractivity contribution in [2.45, 2.75) is 38.3 Å². The van der Waals surface area contributed by atoms with Crippen LogP contribution in [0.5, 0.6) is 0 Å². The fourth-order valence-corrected chi connectivity index (χ4v) is 2.43. The van der Waals surface area contributed by atoms with Crippen LogP contribution in [-0.2, 0) is 4.74 Å². The Morgan fingerprint density at radius 1 is 1.50 bits per heavy atom. The molecule has 1 aliphatic rings. The molecule has 2 unspecified atom stereocenters. The van der Waals surface area contributed by atoms with Gasteiger partial charge in [-0.25, -0.2) is 0 Å². The molecule has 0 fully saturated rings. The third-order valence-electron chi connectivity index (χ3n) is 3.27. The van der Waals surface area contributed by atoms with Crippen LogP contribution in [0.3, 0.4) is 0 Å². The molecule has 1 aromatic rings.